The van der Waals surface area contributed by atoms with Crippen molar-refractivity contribution in [3.8, 4) is 0 Å². The summed E-state index contributed by atoms with van der Waals surface area (Å²) in [6, 6.07) is 14.8. The number of carbonyl (C=O) groups excluding carboxylic acids is 1. The van der Waals surface area contributed by atoms with Crippen LogP contribution in [-0.4, -0.2) is 30.1 Å². The molecule has 5 heteroatoms. The van der Waals surface area contributed by atoms with E-state index >= 15 is 0 Å². The number of carboxylic acids is 1. The third-order valence-electron chi connectivity index (χ3n) is 4.40. The van der Waals surface area contributed by atoms with Gasteiger partial charge in [0.25, 0.3) is 0 Å². The molecule has 1 atom stereocenters. The van der Waals surface area contributed by atoms with Crippen LogP contribution in [0.25, 0.3) is 0 Å². The van der Waals surface area contributed by atoms with Gasteiger partial charge in [0.1, 0.15) is 0 Å². The molecular weight excluding hydrogens is 318 g/mol. The van der Waals surface area contributed by atoms with E-state index in [2.05, 4.69) is 11.4 Å². The smallest absolute Gasteiger partial charge is 0.335 e. The van der Waals surface area contributed by atoms with Crippen LogP contribution in [0.2, 0.25) is 0 Å². The maximum Gasteiger partial charge on any atom is 0.335 e. The molecule has 1 aliphatic heterocycles. The monoisotopic (exact) mass is 339 g/mol. The fourth-order valence-corrected chi connectivity index (χ4v) is 3.05. The van der Waals surface area contributed by atoms with Gasteiger partial charge in [-0.1, -0.05) is 36.4 Å². The first-order valence-corrected chi connectivity index (χ1v) is 8.42. The van der Waals surface area contributed by atoms with Crippen molar-refractivity contribution in [2.24, 2.45) is 0 Å². The zero-order valence-corrected chi connectivity index (χ0v) is 13.9. The zero-order valence-electron chi connectivity index (χ0n) is 13.9. The lowest BCUT2D eigenvalue weighted by Crippen LogP contribution is -2.29. The first-order chi connectivity index (χ1) is 12.1. The molecule has 0 radical (unpaired) electrons. The Labute approximate surface area is 146 Å². The number of carbonyl (C=O) groups is 2. The van der Waals surface area contributed by atoms with Crippen LogP contribution in [0.5, 0.6) is 0 Å². The van der Waals surface area contributed by atoms with E-state index in [1.54, 1.807) is 24.3 Å². The number of benzene rings is 2. The van der Waals surface area contributed by atoms with Gasteiger partial charge in [0, 0.05) is 6.54 Å². The van der Waals surface area contributed by atoms with Gasteiger partial charge >= 0.3 is 5.97 Å². The van der Waals surface area contributed by atoms with Crippen LogP contribution in [0.15, 0.2) is 48.5 Å². The molecule has 1 aliphatic rings. The van der Waals surface area contributed by atoms with Gasteiger partial charge < -0.3 is 15.2 Å². The SMILES string of the molecule is O=C(C[C@H]1OCCc2ccccc21)NCCc1ccc(C(=O)O)cc1. The standard InChI is InChI=1S/C20H21NO4/c22-19(13-18-17-4-2-1-3-15(17)10-12-25-18)21-11-9-14-5-7-16(8-6-14)20(23)24/h1-8,18H,9-13H2,(H,21,22)(H,23,24)/t18-/m1/s1. The Morgan fingerprint density at radius 1 is 1.12 bits per heavy atom. The number of ether oxygens (including phenoxy) is 1. The van der Waals surface area contributed by atoms with E-state index < -0.39 is 5.97 Å². The Balaban J connectivity index is 1.48. The number of nitrogens with one attached hydrogen (secondary N) is 1. The van der Waals surface area contributed by atoms with Crippen molar-refractivity contribution < 1.29 is 19.4 Å². The van der Waals surface area contributed by atoms with Gasteiger partial charge in [0.2, 0.25) is 5.91 Å². The molecule has 0 bridgehead atoms. The van der Waals surface area contributed by atoms with Crippen LogP contribution in [0.1, 0.15) is 39.6 Å². The van der Waals surface area contributed by atoms with Crippen LogP contribution >= 0.6 is 0 Å². The van der Waals surface area contributed by atoms with E-state index in [9.17, 15) is 9.59 Å². The van der Waals surface area contributed by atoms with Crippen molar-refractivity contribution in [3.05, 3.63) is 70.8 Å². The molecule has 0 saturated heterocycles. The van der Waals surface area contributed by atoms with Crippen LogP contribution in [0, 0.1) is 0 Å². The lowest BCUT2D eigenvalue weighted by molar-refractivity contribution is -0.124. The Bertz CT molecular complexity index is 755. The highest BCUT2D eigenvalue weighted by Crippen LogP contribution is 2.29. The number of fused-ring (bicyclic) bond motifs is 1. The third kappa shape index (κ3) is 4.45. The lowest BCUT2D eigenvalue weighted by Gasteiger charge is -2.25. The van der Waals surface area contributed by atoms with Gasteiger partial charge in [-0.25, -0.2) is 4.79 Å². The molecule has 1 heterocycles. The first-order valence-electron chi connectivity index (χ1n) is 8.42. The molecule has 1 amide bonds. The number of rotatable bonds is 6. The number of aromatic carboxylic acids is 1. The van der Waals surface area contributed by atoms with Crippen LogP contribution in [-0.2, 0) is 22.4 Å². The van der Waals surface area contributed by atoms with Crippen LogP contribution in [0.3, 0.4) is 0 Å². The van der Waals surface area contributed by atoms with Crippen LogP contribution in [0.4, 0.5) is 0 Å². The number of hydrogen-bond acceptors (Lipinski definition) is 3. The molecule has 0 fully saturated rings. The highest BCUT2D eigenvalue weighted by atomic mass is 16.5. The molecule has 2 N–H and O–H groups in total. The molecule has 0 aliphatic carbocycles. The molecule has 5 nitrogen and oxygen atoms in total. The van der Waals surface area contributed by atoms with E-state index in [1.165, 1.54) is 5.56 Å². The summed E-state index contributed by atoms with van der Waals surface area (Å²) in [4.78, 5) is 23.0. The number of carboxylic acid groups (broad SMARTS) is 1. The molecule has 0 saturated carbocycles. The first kappa shape index (κ1) is 17.2. The summed E-state index contributed by atoms with van der Waals surface area (Å²) in [5.41, 5.74) is 3.61. The number of amides is 1. The minimum atomic E-state index is -0.937. The average molecular weight is 339 g/mol. The Morgan fingerprint density at radius 2 is 1.88 bits per heavy atom. The van der Waals surface area contributed by atoms with Gasteiger partial charge in [-0.15, -0.1) is 0 Å². The van der Waals surface area contributed by atoms with Gasteiger partial charge in [-0.2, -0.15) is 0 Å². The van der Waals surface area contributed by atoms with E-state index in [0.29, 0.717) is 26.0 Å². The summed E-state index contributed by atoms with van der Waals surface area (Å²) < 4.78 is 5.76. The molecule has 130 valence electrons. The number of hydrogen-bond donors (Lipinski definition) is 2. The third-order valence-corrected chi connectivity index (χ3v) is 4.40. The lowest BCUT2D eigenvalue weighted by atomic mass is 9.95. The molecule has 2 aromatic rings. The fourth-order valence-electron chi connectivity index (χ4n) is 3.05. The molecule has 0 spiro atoms. The minimum Gasteiger partial charge on any atom is -0.478 e. The quantitative estimate of drug-likeness (QED) is 0.848. The van der Waals surface area contributed by atoms with Gasteiger partial charge in [0.05, 0.1) is 24.7 Å². The largest absolute Gasteiger partial charge is 0.478 e. The van der Waals surface area contributed by atoms with Crippen molar-refractivity contribution in [3.63, 3.8) is 0 Å². The van der Waals surface area contributed by atoms with Gasteiger partial charge in [-0.3, -0.25) is 4.79 Å². The Kier molecular flexibility index (Phi) is 5.46. The maximum absolute atomic E-state index is 12.2. The second-order valence-corrected chi connectivity index (χ2v) is 6.11. The molecule has 25 heavy (non-hydrogen) atoms. The summed E-state index contributed by atoms with van der Waals surface area (Å²) in [7, 11) is 0. The minimum absolute atomic E-state index is 0.0381. The molecule has 2 aromatic carbocycles. The molecule has 0 aromatic heterocycles. The second-order valence-electron chi connectivity index (χ2n) is 6.11. The van der Waals surface area contributed by atoms with Crippen molar-refractivity contribution in [2.45, 2.75) is 25.4 Å². The Hall–Kier alpha value is -2.66. The summed E-state index contributed by atoms with van der Waals surface area (Å²) in [6.45, 7) is 1.16. The van der Waals surface area contributed by atoms with Gasteiger partial charge in [0.15, 0.2) is 0 Å². The van der Waals surface area contributed by atoms with Crippen molar-refractivity contribution in [1.29, 1.82) is 0 Å². The van der Waals surface area contributed by atoms with E-state index in [-0.39, 0.29) is 17.6 Å². The summed E-state index contributed by atoms with van der Waals surface area (Å²) in [5.74, 6) is -0.975. The van der Waals surface area contributed by atoms with E-state index in [0.717, 1.165) is 17.5 Å². The average Bonchev–Trinajstić information content (AvgIpc) is 2.62. The van der Waals surface area contributed by atoms with E-state index in [1.807, 2.05) is 18.2 Å². The van der Waals surface area contributed by atoms with Crippen molar-refractivity contribution >= 4 is 11.9 Å². The van der Waals surface area contributed by atoms with Gasteiger partial charge in [-0.05, 0) is 41.7 Å². The Morgan fingerprint density at radius 3 is 2.64 bits per heavy atom. The van der Waals surface area contributed by atoms with Crippen LogP contribution < -0.4 is 5.32 Å². The predicted octanol–water partition coefficient (Wildman–Crippen LogP) is 2.75. The highest BCUT2D eigenvalue weighted by molar-refractivity contribution is 5.87. The van der Waals surface area contributed by atoms with E-state index in [4.69, 9.17) is 9.84 Å². The highest BCUT2D eigenvalue weighted by Gasteiger charge is 2.22. The molecular formula is C20H21NO4. The summed E-state index contributed by atoms with van der Waals surface area (Å²) in [6.07, 6.45) is 1.68. The summed E-state index contributed by atoms with van der Waals surface area (Å²) >= 11 is 0. The van der Waals surface area contributed by atoms with Crippen molar-refractivity contribution in [1.82, 2.24) is 5.32 Å². The fraction of sp³-hybridized carbons (Fsp3) is 0.300. The zero-order chi connectivity index (χ0) is 17.6. The summed E-state index contributed by atoms with van der Waals surface area (Å²) in [5, 5.41) is 11.8. The molecule has 3 rings (SSSR count). The maximum atomic E-state index is 12.2. The normalized spacial score (nSPS) is 16.1. The second kappa shape index (κ2) is 7.94. The topological polar surface area (TPSA) is 75.6 Å². The van der Waals surface area contributed by atoms with Crippen molar-refractivity contribution in [2.75, 3.05) is 13.2 Å². The molecule has 0 unspecified atom stereocenters. The predicted molar refractivity (Wildman–Crippen MR) is 93.6 cm³/mol.